The molecule has 1 N–H and O–H groups in total. The Bertz CT molecular complexity index is 307. The van der Waals surface area contributed by atoms with Gasteiger partial charge in [0.2, 0.25) is 0 Å². The molecule has 0 heterocycles. The minimum atomic E-state index is 0.705. The maximum absolute atomic E-state index is 3.42. The SMILES string of the molecule is CNC1CCCC1Sc1ccc(C)cc1. The standard InChI is InChI=1S/C13H19NS/c1-10-6-8-11(9-7-10)15-13-5-3-4-12(13)14-2/h6-9,12-14H,3-5H2,1-2H3. The lowest BCUT2D eigenvalue weighted by atomic mass is 10.2. The highest BCUT2D eigenvalue weighted by atomic mass is 32.2. The van der Waals surface area contributed by atoms with Gasteiger partial charge < -0.3 is 5.32 Å². The molecule has 1 nitrogen and oxygen atoms in total. The molecule has 1 aromatic carbocycles. The van der Waals surface area contributed by atoms with Crippen LogP contribution in [0.1, 0.15) is 24.8 Å². The normalized spacial score (nSPS) is 25.7. The summed E-state index contributed by atoms with van der Waals surface area (Å²) in [5.74, 6) is 0. The first-order valence-corrected chi connectivity index (χ1v) is 6.58. The summed E-state index contributed by atoms with van der Waals surface area (Å²) in [6.45, 7) is 2.14. The summed E-state index contributed by atoms with van der Waals surface area (Å²) in [4.78, 5) is 1.41. The zero-order valence-corrected chi connectivity index (χ0v) is 10.3. The molecule has 0 bridgehead atoms. The average molecular weight is 221 g/mol. The van der Waals surface area contributed by atoms with Crippen LogP contribution in [0, 0.1) is 6.92 Å². The number of hydrogen-bond donors (Lipinski definition) is 1. The lowest BCUT2D eigenvalue weighted by molar-refractivity contribution is 0.591. The third-order valence-electron chi connectivity index (χ3n) is 3.13. The second kappa shape index (κ2) is 5.04. The van der Waals surface area contributed by atoms with Gasteiger partial charge in [-0.3, -0.25) is 0 Å². The number of hydrogen-bond acceptors (Lipinski definition) is 2. The summed E-state index contributed by atoms with van der Waals surface area (Å²) in [6, 6.07) is 9.59. The van der Waals surface area contributed by atoms with Crippen LogP contribution in [0.5, 0.6) is 0 Å². The molecule has 2 heteroatoms. The second-order valence-corrected chi connectivity index (χ2v) is 5.61. The first kappa shape index (κ1) is 11.0. The monoisotopic (exact) mass is 221 g/mol. The lowest BCUT2D eigenvalue weighted by Gasteiger charge is -2.18. The van der Waals surface area contributed by atoms with E-state index >= 15 is 0 Å². The highest BCUT2D eigenvalue weighted by molar-refractivity contribution is 8.00. The Labute approximate surface area is 96.7 Å². The Balaban J connectivity index is 1.99. The summed E-state index contributed by atoms with van der Waals surface area (Å²) in [7, 11) is 2.08. The van der Waals surface area contributed by atoms with Crippen molar-refractivity contribution in [3.8, 4) is 0 Å². The van der Waals surface area contributed by atoms with Gasteiger partial charge in [0.1, 0.15) is 0 Å². The van der Waals surface area contributed by atoms with E-state index in [0.717, 1.165) is 5.25 Å². The maximum atomic E-state index is 3.42. The van der Waals surface area contributed by atoms with Crippen LogP contribution < -0.4 is 5.32 Å². The van der Waals surface area contributed by atoms with Crippen LogP contribution in [-0.2, 0) is 0 Å². The van der Waals surface area contributed by atoms with Crippen molar-refractivity contribution in [2.45, 2.75) is 42.4 Å². The Morgan fingerprint density at radius 3 is 2.60 bits per heavy atom. The molecule has 1 aliphatic rings. The van der Waals surface area contributed by atoms with E-state index < -0.39 is 0 Å². The maximum Gasteiger partial charge on any atom is 0.0248 e. The quantitative estimate of drug-likeness (QED) is 0.841. The molecule has 0 aromatic heterocycles. The van der Waals surface area contributed by atoms with Crippen molar-refractivity contribution >= 4 is 11.8 Å². The van der Waals surface area contributed by atoms with E-state index in [1.807, 2.05) is 11.8 Å². The predicted molar refractivity (Wildman–Crippen MR) is 67.5 cm³/mol. The minimum Gasteiger partial charge on any atom is -0.316 e. The van der Waals surface area contributed by atoms with Gasteiger partial charge in [-0.05, 0) is 38.9 Å². The van der Waals surface area contributed by atoms with E-state index in [0.29, 0.717) is 6.04 Å². The van der Waals surface area contributed by atoms with Crippen LogP contribution >= 0.6 is 11.8 Å². The van der Waals surface area contributed by atoms with Crippen LogP contribution in [0.25, 0.3) is 0 Å². The molecule has 2 unspecified atom stereocenters. The van der Waals surface area contributed by atoms with Crippen molar-refractivity contribution in [3.63, 3.8) is 0 Å². The molecule has 0 radical (unpaired) electrons. The Kier molecular flexibility index (Phi) is 3.71. The smallest absolute Gasteiger partial charge is 0.0248 e. The van der Waals surface area contributed by atoms with Gasteiger partial charge in [-0.1, -0.05) is 24.1 Å². The van der Waals surface area contributed by atoms with Gasteiger partial charge in [-0.25, -0.2) is 0 Å². The van der Waals surface area contributed by atoms with E-state index in [9.17, 15) is 0 Å². The van der Waals surface area contributed by atoms with Gasteiger partial charge in [0.25, 0.3) is 0 Å². The van der Waals surface area contributed by atoms with Crippen molar-refractivity contribution in [3.05, 3.63) is 29.8 Å². The van der Waals surface area contributed by atoms with E-state index in [1.54, 1.807) is 0 Å². The summed E-state index contributed by atoms with van der Waals surface area (Å²) in [5.41, 5.74) is 1.34. The Hall–Kier alpha value is -0.470. The molecule has 15 heavy (non-hydrogen) atoms. The zero-order chi connectivity index (χ0) is 10.7. The van der Waals surface area contributed by atoms with Gasteiger partial charge in [-0.2, -0.15) is 0 Å². The molecule has 82 valence electrons. The summed E-state index contributed by atoms with van der Waals surface area (Å²) >= 11 is 2.03. The third-order valence-corrected chi connectivity index (χ3v) is 4.54. The van der Waals surface area contributed by atoms with E-state index in [4.69, 9.17) is 0 Å². The highest BCUT2D eigenvalue weighted by Crippen LogP contribution is 2.34. The van der Waals surface area contributed by atoms with Crippen LogP contribution in [0.2, 0.25) is 0 Å². The summed E-state index contributed by atoms with van der Waals surface area (Å²) in [5, 5.41) is 4.19. The van der Waals surface area contributed by atoms with Gasteiger partial charge in [-0.15, -0.1) is 11.8 Å². The number of nitrogens with one attached hydrogen (secondary N) is 1. The minimum absolute atomic E-state index is 0.705. The summed E-state index contributed by atoms with van der Waals surface area (Å²) < 4.78 is 0. The zero-order valence-electron chi connectivity index (χ0n) is 9.49. The number of thioether (sulfide) groups is 1. The molecule has 0 spiro atoms. The molecule has 1 saturated carbocycles. The van der Waals surface area contributed by atoms with Gasteiger partial charge in [0.15, 0.2) is 0 Å². The number of benzene rings is 1. The first-order chi connectivity index (χ1) is 7.29. The van der Waals surface area contributed by atoms with Crippen molar-refractivity contribution in [1.29, 1.82) is 0 Å². The van der Waals surface area contributed by atoms with Crippen LogP contribution in [0.15, 0.2) is 29.2 Å². The summed E-state index contributed by atoms with van der Waals surface area (Å²) in [6.07, 6.45) is 4.05. The first-order valence-electron chi connectivity index (χ1n) is 5.70. The molecular weight excluding hydrogens is 202 g/mol. The second-order valence-electron chi connectivity index (χ2n) is 4.30. The molecule has 2 rings (SSSR count). The van der Waals surface area contributed by atoms with E-state index in [-0.39, 0.29) is 0 Å². The Morgan fingerprint density at radius 1 is 1.20 bits per heavy atom. The molecular formula is C13H19NS. The largest absolute Gasteiger partial charge is 0.316 e. The molecule has 0 aliphatic heterocycles. The molecule has 0 saturated heterocycles. The van der Waals surface area contributed by atoms with Crippen molar-refractivity contribution in [2.24, 2.45) is 0 Å². The van der Waals surface area contributed by atoms with Crippen molar-refractivity contribution in [2.75, 3.05) is 7.05 Å². The van der Waals surface area contributed by atoms with Crippen LogP contribution in [0.4, 0.5) is 0 Å². The third kappa shape index (κ3) is 2.76. The highest BCUT2D eigenvalue weighted by Gasteiger charge is 2.26. The average Bonchev–Trinajstić information content (AvgIpc) is 2.69. The number of aryl methyl sites for hydroxylation is 1. The molecule has 1 fully saturated rings. The fraction of sp³-hybridized carbons (Fsp3) is 0.538. The Morgan fingerprint density at radius 2 is 1.93 bits per heavy atom. The molecule has 1 aliphatic carbocycles. The fourth-order valence-corrected chi connectivity index (χ4v) is 3.55. The van der Waals surface area contributed by atoms with Gasteiger partial charge >= 0.3 is 0 Å². The van der Waals surface area contributed by atoms with E-state index in [2.05, 4.69) is 43.6 Å². The van der Waals surface area contributed by atoms with Gasteiger partial charge in [0.05, 0.1) is 0 Å². The fourth-order valence-electron chi connectivity index (χ4n) is 2.19. The predicted octanol–water partition coefficient (Wildman–Crippen LogP) is 3.23. The van der Waals surface area contributed by atoms with Gasteiger partial charge in [0, 0.05) is 16.2 Å². The lowest BCUT2D eigenvalue weighted by Crippen LogP contribution is -2.30. The van der Waals surface area contributed by atoms with Crippen molar-refractivity contribution < 1.29 is 0 Å². The molecule has 2 atom stereocenters. The van der Waals surface area contributed by atoms with Crippen LogP contribution in [-0.4, -0.2) is 18.3 Å². The molecule has 0 amide bonds. The number of rotatable bonds is 3. The van der Waals surface area contributed by atoms with Crippen LogP contribution in [0.3, 0.4) is 0 Å². The topological polar surface area (TPSA) is 12.0 Å². The molecule has 1 aromatic rings. The van der Waals surface area contributed by atoms with Crippen molar-refractivity contribution in [1.82, 2.24) is 5.32 Å². The van der Waals surface area contributed by atoms with E-state index in [1.165, 1.54) is 29.7 Å².